The third-order valence-corrected chi connectivity index (χ3v) is 5.72. The summed E-state index contributed by atoms with van der Waals surface area (Å²) in [5.41, 5.74) is 0.973. The van der Waals surface area contributed by atoms with Crippen molar-refractivity contribution in [2.45, 2.75) is 31.3 Å². The van der Waals surface area contributed by atoms with Crippen molar-refractivity contribution >= 4 is 16.1 Å². The average molecular weight is 353 g/mol. The number of nitrogens with one attached hydrogen (secondary N) is 2. The number of sulfonamides is 1. The van der Waals surface area contributed by atoms with Crippen molar-refractivity contribution in [2.24, 2.45) is 0 Å². The Labute approximate surface area is 142 Å². The fourth-order valence-corrected chi connectivity index (χ4v) is 4.15. The van der Waals surface area contributed by atoms with E-state index >= 15 is 0 Å². The zero-order valence-electron chi connectivity index (χ0n) is 13.7. The molecule has 1 saturated heterocycles. The Hall–Kier alpha value is -1.80. The van der Waals surface area contributed by atoms with Gasteiger partial charge in [-0.25, -0.2) is 17.5 Å². The van der Waals surface area contributed by atoms with E-state index in [1.165, 1.54) is 10.6 Å². The zero-order valence-corrected chi connectivity index (χ0v) is 14.5. The van der Waals surface area contributed by atoms with E-state index in [0.29, 0.717) is 26.1 Å². The maximum absolute atomic E-state index is 12.3. The van der Waals surface area contributed by atoms with Gasteiger partial charge < -0.3 is 15.4 Å². The molecule has 2 aliphatic heterocycles. The Balaban J connectivity index is 1.59. The number of hydrogen-bond acceptors (Lipinski definition) is 4. The first-order valence-corrected chi connectivity index (χ1v) is 10.0. The van der Waals surface area contributed by atoms with E-state index in [1.807, 2.05) is 24.3 Å². The molecule has 0 radical (unpaired) electrons. The van der Waals surface area contributed by atoms with Crippen LogP contribution in [0.4, 0.5) is 4.79 Å². The molecular weight excluding hydrogens is 330 g/mol. The fourth-order valence-electron chi connectivity index (χ4n) is 3.24. The molecule has 1 aromatic carbocycles. The second-order valence-corrected chi connectivity index (χ2v) is 8.29. The van der Waals surface area contributed by atoms with Crippen molar-refractivity contribution in [3.63, 3.8) is 0 Å². The van der Waals surface area contributed by atoms with Crippen LogP contribution >= 0.6 is 0 Å². The fraction of sp³-hybridized carbons (Fsp3) is 0.562. The van der Waals surface area contributed by atoms with Crippen LogP contribution in [0.5, 0.6) is 5.75 Å². The first-order valence-electron chi connectivity index (χ1n) is 8.17. The Kier molecular flexibility index (Phi) is 4.96. The molecule has 0 spiro atoms. The highest BCUT2D eigenvalue weighted by atomic mass is 32.2. The van der Waals surface area contributed by atoms with Gasteiger partial charge in [-0.3, -0.25) is 0 Å². The van der Waals surface area contributed by atoms with Gasteiger partial charge in [0.15, 0.2) is 0 Å². The largest absolute Gasteiger partial charge is 0.493 e. The standard InChI is InChI=1S/C16H23N3O4S/c1-24(21,22)19-9-4-5-12(11-19)17-16(20)18-14-8-10-23-15-7-3-2-6-13(14)15/h2-3,6-7,12,14H,4-5,8-11H2,1H3,(H2,17,18,20). The van der Waals surface area contributed by atoms with E-state index in [4.69, 9.17) is 4.74 Å². The van der Waals surface area contributed by atoms with Crippen LogP contribution in [-0.2, 0) is 10.0 Å². The Morgan fingerprint density at radius 1 is 1.25 bits per heavy atom. The monoisotopic (exact) mass is 353 g/mol. The molecule has 2 atom stereocenters. The number of carbonyl (C=O) groups is 1. The molecule has 0 bridgehead atoms. The van der Waals surface area contributed by atoms with Gasteiger partial charge in [0.2, 0.25) is 10.0 Å². The smallest absolute Gasteiger partial charge is 0.315 e. The quantitative estimate of drug-likeness (QED) is 0.856. The highest BCUT2D eigenvalue weighted by Crippen LogP contribution is 2.31. The number of urea groups is 1. The van der Waals surface area contributed by atoms with Crippen LogP contribution in [0, 0.1) is 0 Å². The lowest BCUT2D eigenvalue weighted by molar-refractivity contribution is 0.212. The molecule has 2 N–H and O–H groups in total. The van der Waals surface area contributed by atoms with Gasteiger partial charge in [-0.1, -0.05) is 18.2 Å². The molecule has 2 unspecified atom stereocenters. The number of hydrogen-bond donors (Lipinski definition) is 2. The number of piperidine rings is 1. The summed E-state index contributed by atoms with van der Waals surface area (Å²) in [7, 11) is -3.22. The molecule has 132 valence electrons. The molecule has 0 saturated carbocycles. The predicted octanol–water partition coefficient (Wildman–Crippen LogP) is 1.23. The molecule has 2 amide bonds. The van der Waals surface area contributed by atoms with Crippen molar-refractivity contribution in [2.75, 3.05) is 26.0 Å². The Morgan fingerprint density at radius 3 is 2.83 bits per heavy atom. The van der Waals surface area contributed by atoms with Crippen LogP contribution in [0.1, 0.15) is 30.9 Å². The Bertz CT molecular complexity index is 707. The Morgan fingerprint density at radius 2 is 2.04 bits per heavy atom. The zero-order chi connectivity index (χ0) is 17.2. The van der Waals surface area contributed by atoms with Crippen LogP contribution in [0.2, 0.25) is 0 Å². The van der Waals surface area contributed by atoms with Gasteiger partial charge in [0, 0.05) is 31.1 Å². The summed E-state index contributed by atoms with van der Waals surface area (Å²) in [6, 6.07) is 7.15. The molecule has 2 aliphatic rings. The number of amides is 2. The van der Waals surface area contributed by atoms with E-state index in [0.717, 1.165) is 24.2 Å². The maximum atomic E-state index is 12.3. The number of benzene rings is 1. The van der Waals surface area contributed by atoms with E-state index in [9.17, 15) is 13.2 Å². The topological polar surface area (TPSA) is 87.7 Å². The van der Waals surface area contributed by atoms with Crippen LogP contribution in [0.15, 0.2) is 24.3 Å². The van der Waals surface area contributed by atoms with Crippen molar-refractivity contribution < 1.29 is 17.9 Å². The van der Waals surface area contributed by atoms with Crippen molar-refractivity contribution in [1.82, 2.24) is 14.9 Å². The van der Waals surface area contributed by atoms with Gasteiger partial charge in [-0.05, 0) is 18.9 Å². The highest BCUT2D eigenvalue weighted by Gasteiger charge is 2.28. The number of rotatable bonds is 3. The molecule has 2 heterocycles. The van der Waals surface area contributed by atoms with E-state index < -0.39 is 10.0 Å². The normalized spacial score (nSPS) is 24.5. The third-order valence-electron chi connectivity index (χ3n) is 4.45. The molecule has 8 heteroatoms. The van der Waals surface area contributed by atoms with Gasteiger partial charge in [0.05, 0.1) is 18.9 Å². The molecule has 24 heavy (non-hydrogen) atoms. The lowest BCUT2D eigenvalue weighted by atomic mass is 10.0. The molecule has 7 nitrogen and oxygen atoms in total. The minimum absolute atomic E-state index is 0.0930. The van der Waals surface area contributed by atoms with Gasteiger partial charge in [-0.15, -0.1) is 0 Å². The minimum atomic E-state index is -3.22. The predicted molar refractivity (Wildman–Crippen MR) is 90.4 cm³/mol. The van der Waals surface area contributed by atoms with E-state index in [2.05, 4.69) is 10.6 Å². The molecule has 1 aromatic rings. The summed E-state index contributed by atoms with van der Waals surface area (Å²) >= 11 is 0. The van der Waals surface area contributed by atoms with Crippen LogP contribution in [0.3, 0.4) is 0 Å². The SMILES string of the molecule is CS(=O)(=O)N1CCCC(NC(=O)NC2CCOc3ccccc32)C1. The molecule has 0 aliphatic carbocycles. The average Bonchev–Trinajstić information content (AvgIpc) is 2.54. The number of fused-ring (bicyclic) bond motifs is 1. The van der Waals surface area contributed by atoms with E-state index in [-0.39, 0.29) is 18.1 Å². The van der Waals surface area contributed by atoms with Gasteiger partial charge in [0.1, 0.15) is 5.75 Å². The van der Waals surface area contributed by atoms with Crippen LogP contribution in [0.25, 0.3) is 0 Å². The van der Waals surface area contributed by atoms with Crippen molar-refractivity contribution in [1.29, 1.82) is 0 Å². The lowest BCUT2D eigenvalue weighted by Gasteiger charge is -2.32. The summed E-state index contributed by atoms with van der Waals surface area (Å²) < 4.78 is 30.3. The molecule has 0 aromatic heterocycles. The third kappa shape index (κ3) is 3.99. The summed E-state index contributed by atoms with van der Waals surface area (Å²) in [5.74, 6) is 0.801. The summed E-state index contributed by atoms with van der Waals surface area (Å²) in [5, 5.41) is 5.88. The maximum Gasteiger partial charge on any atom is 0.315 e. The van der Waals surface area contributed by atoms with Gasteiger partial charge in [-0.2, -0.15) is 0 Å². The minimum Gasteiger partial charge on any atom is -0.493 e. The number of para-hydroxylation sites is 1. The van der Waals surface area contributed by atoms with Crippen LogP contribution < -0.4 is 15.4 Å². The number of carbonyl (C=O) groups excluding carboxylic acids is 1. The second-order valence-electron chi connectivity index (χ2n) is 6.31. The number of nitrogens with zero attached hydrogens (tertiary/aromatic N) is 1. The summed E-state index contributed by atoms with van der Waals surface area (Å²) in [6.45, 7) is 1.41. The molecular formula is C16H23N3O4S. The summed E-state index contributed by atoms with van der Waals surface area (Å²) in [4.78, 5) is 12.3. The lowest BCUT2D eigenvalue weighted by Crippen LogP contribution is -2.52. The van der Waals surface area contributed by atoms with Gasteiger partial charge in [0.25, 0.3) is 0 Å². The highest BCUT2D eigenvalue weighted by molar-refractivity contribution is 7.88. The first kappa shape index (κ1) is 17.0. The van der Waals surface area contributed by atoms with Crippen molar-refractivity contribution in [3.8, 4) is 5.75 Å². The first-order chi connectivity index (χ1) is 11.4. The summed E-state index contributed by atoms with van der Waals surface area (Å²) in [6.07, 6.45) is 3.45. The molecule has 1 fully saturated rings. The number of ether oxygens (including phenoxy) is 1. The van der Waals surface area contributed by atoms with Gasteiger partial charge >= 0.3 is 6.03 Å². The van der Waals surface area contributed by atoms with Crippen molar-refractivity contribution in [3.05, 3.63) is 29.8 Å². The molecule has 3 rings (SSSR count). The second kappa shape index (κ2) is 6.98. The van der Waals surface area contributed by atoms with E-state index in [1.54, 1.807) is 0 Å². The van der Waals surface area contributed by atoms with Crippen LogP contribution in [-0.4, -0.2) is 50.7 Å².